The first-order chi connectivity index (χ1) is 12.6. The Hall–Kier alpha value is -2.41. The molecule has 2 fully saturated rings. The predicted molar refractivity (Wildman–Crippen MR) is 99.3 cm³/mol. The van der Waals surface area contributed by atoms with Crippen molar-refractivity contribution in [3.05, 3.63) is 35.0 Å². The molecule has 0 radical (unpaired) electrons. The first-order valence-electron chi connectivity index (χ1n) is 8.81. The normalized spacial score (nSPS) is 16.3. The number of nitrogens with two attached hydrogens (primary N) is 1. The van der Waals surface area contributed by atoms with Gasteiger partial charge < -0.3 is 15.4 Å². The lowest BCUT2D eigenvalue weighted by Gasteiger charge is -2.20. The van der Waals surface area contributed by atoms with Gasteiger partial charge in [-0.2, -0.15) is 0 Å². The molecule has 0 unspecified atom stereocenters. The molecule has 136 valence electrons. The second kappa shape index (κ2) is 6.72. The minimum absolute atomic E-state index is 0.0582. The number of hydrogen-bond acceptors (Lipinski definition) is 5. The Balaban J connectivity index is 1.74. The summed E-state index contributed by atoms with van der Waals surface area (Å²) in [6.07, 6.45) is 4.05. The molecule has 0 saturated heterocycles. The Morgan fingerprint density at radius 2 is 2.08 bits per heavy atom. The average Bonchev–Trinajstić information content (AvgIpc) is 3.56. The number of aromatic nitrogens is 1. The Morgan fingerprint density at radius 3 is 2.69 bits per heavy atom. The summed E-state index contributed by atoms with van der Waals surface area (Å²) in [6.45, 7) is -0.0582. The monoisotopic (exact) mass is 371 g/mol. The quantitative estimate of drug-likeness (QED) is 0.811. The minimum atomic E-state index is -0.495. The van der Waals surface area contributed by atoms with Crippen LogP contribution in [0.15, 0.2) is 24.3 Å². The fourth-order valence-electron chi connectivity index (χ4n) is 3.00. The van der Waals surface area contributed by atoms with E-state index in [2.05, 4.69) is 4.98 Å². The number of carbonyl (C=O) groups is 2. The van der Waals surface area contributed by atoms with Crippen molar-refractivity contribution in [2.45, 2.75) is 37.6 Å². The molecule has 2 aliphatic rings. The molecule has 0 aliphatic heterocycles. The molecule has 1 heterocycles. The second-order valence-corrected chi connectivity index (χ2v) is 7.90. The van der Waals surface area contributed by atoms with Crippen LogP contribution >= 0.6 is 11.3 Å². The molecule has 0 bridgehead atoms. The van der Waals surface area contributed by atoms with Gasteiger partial charge in [-0.15, -0.1) is 11.3 Å². The van der Waals surface area contributed by atoms with E-state index in [1.165, 1.54) is 0 Å². The molecule has 6 nitrogen and oxygen atoms in total. The number of thiazole rings is 1. The molecule has 4 rings (SSSR count). The van der Waals surface area contributed by atoms with Crippen LogP contribution in [0.1, 0.15) is 47.1 Å². The molecular formula is C19H21N3O3S. The maximum Gasteiger partial charge on any atom is 0.274 e. The lowest BCUT2D eigenvalue weighted by Crippen LogP contribution is -2.40. The summed E-state index contributed by atoms with van der Waals surface area (Å²) >= 11 is 1.57. The highest BCUT2D eigenvalue weighted by molar-refractivity contribution is 7.15. The third kappa shape index (κ3) is 3.44. The maximum absolute atomic E-state index is 13.2. The Labute approximate surface area is 156 Å². The average molecular weight is 371 g/mol. The number of primary amides is 1. The van der Waals surface area contributed by atoms with Crippen molar-refractivity contribution in [3.8, 4) is 16.2 Å². The number of nitrogens with zero attached hydrogens (tertiary/aromatic N) is 2. The smallest absolute Gasteiger partial charge is 0.274 e. The van der Waals surface area contributed by atoms with Gasteiger partial charge in [-0.1, -0.05) is 12.1 Å². The summed E-state index contributed by atoms with van der Waals surface area (Å²) in [5.41, 5.74) is 6.70. The van der Waals surface area contributed by atoms with Gasteiger partial charge in [0.1, 0.15) is 11.4 Å². The molecule has 7 heteroatoms. The number of carbonyl (C=O) groups excluding carboxylic acids is 2. The van der Waals surface area contributed by atoms with Crippen molar-refractivity contribution in [2.75, 3.05) is 13.7 Å². The van der Waals surface area contributed by atoms with Crippen molar-refractivity contribution >= 4 is 23.2 Å². The van der Waals surface area contributed by atoms with Crippen LogP contribution in [0, 0.1) is 0 Å². The summed E-state index contributed by atoms with van der Waals surface area (Å²) in [6, 6.07) is 7.74. The maximum atomic E-state index is 13.2. The third-order valence-corrected chi connectivity index (χ3v) is 5.95. The van der Waals surface area contributed by atoms with Crippen LogP contribution in [0.4, 0.5) is 0 Å². The van der Waals surface area contributed by atoms with E-state index in [0.29, 0.717) is 11.6 Å². The number of amides is 2. The molecule has 0 spiro atoms. The predicted octanol–water partition coefficient (Wildman–Crippen LogP) is 2.79. The summed E-state index contributed by atoms with van der Waals surface area (Å²) in [5.74, 6) is 0.493. The van der Waals surface area contributed by atoms with Crippen molar-refractivity contribution in [3.63, 3.8) is 0 Å². The molecule has 2 N–H and O–H groups in total. The van der Waals surface area contributed by atoms with Crippen molar-refractivity contribution in [1.29, 1.82) is 0 Å². The first kappa shape index (κ1) is 17.0. The summed E-state index contributed by atoms with van der Waals surface area (Å²) in [4.78, 5) is 31.7. The third-order valence-electron chi connectivity index (χ3n) is 4.68. The molecular weight excluding hydrogens is 350 g/mol. The molecule has 0 atom stereocenters. The number of benzene rings is 1. The highest BCUT2D eigenvalue weighted by Crippen LogP contribution is 2.45. The van der Waals surface area contributed by atoms with E-state index in [-0.39, 0.29) is 18.5 Å². The van der Waals surface area contributed by atoms with Crippen LogP contribution in [0.25, 0.3) is 10.4 Å². The fraction of sp³-hybridized carbons (Fsp3) is 0.421. The van der Waals surface area contributed by atoms with Gasteiger partial charge in [0.2, 0.25) is 5.91 Å². The van der Waals surface area contributed by atoms with Crippen LogP contribution in [0.5, 0.6) is 5.75 Å². The van der Waals surface area contributed by atoms with Crippen molar-refractivity contribution < 1.29 is 14.3 Å². The molecule has 2 saturated carbocycles. The van der Waals surface area contributed by atoms with Crippen LogP contribution in [-0.2, 0) is 4.79 Å². The highest BCUT2D eigenvalue weighted by Gasteiger charge is 2.37. The second-order valence-electron chi connectivity index (χ2n) is 6.87. The number of rotatable bonds is 7. The summed E-state index contributed by atoms with van der Waals surface area (Å²) in [5, 5.41) is 1.00. The van der Waals surface area contributed by atoms with Crippen LogP contribution in [-0.4, -0.2) is 41.4 Å². The number of ether oxygens (including phenoxy) is 1. The van der Waals surface area contributed by atoms with Gasteiger partial charge >= 0.3 is 0 Å². The minimum Gasteiger partial charge on any atom is -0.497 e. The molecule has 2 aliphatic carbocycles. The van der Waals surface area contributed by atoms with Crippen LogP contribution in [0.3, 0.4) is 0 Å². The zero-order valence-corrected chi connectivity index (χ0v) is 15.4. The molecule has 1 aromatic heterocycles. The van der Waals surface area contributed by atoms with Gasteiger partial charge in [-0.3, -0.25) is 9.59 Å². The van der Waals surface area contributed by atoms with E-state index in [1.807, 2.05) is 24.3 Å². The van der Waals surface area contributed by atoms with E-state index in [9.17, 15) is 9.59 Å². The first-order valence-corrected chi connectivity index (χ1v) is 9.63. The number of hydrogen-bond donors (Lipinski definition) is 1. The van der Waals surface area contributed by atoms with Gasteiger partial charge in [-0.05, 0) is 43.4 Å². The zero-order chi connectivity index (χ0) is 18.3. The fourth-order valence-corrected chi connectivity index (χ4v) is 4.23. The topological polar surface area (TPSA) is 85.5 Å². The van der Waals surface area contributed by atoms with Crippen LogP contribution in [0.2, 0.25) is 0 Å². The Bertz CT molecular complexity index is 855. The van der Waals surface area contributed by atoms with Crippen molar-refractivity contribution in [1.82, 2.24) is 9.88 Å². The van der Waals surface area contributed by atoms with E-state index in [1.54, 1.807) is 23.3 Å². The van der Waals surface area contributed by atoms with Gasteiger partial charge in [0.15, 0.2) is 0 Å². The van der Waals surface area contributed by atoms with Gasteiger partial charge in [-0.25, -0.2) is 4.98 Å². The van der Waals surface area contributed by atoms with Gasteiger partial charge in [0, 0.05) is 12.0 Å². The van der Waals surface area contributed by atoms with E-state index in [0.717, 1.165) is 46.9 Å². The standard InChI is InChI=1S/C19H21N3O3S/c1-25-14-4-2-3-12(9-14)17-16(21-18(26-17)11-5-6-11)19(24)22(10-15(20)23)13-7-8-13/h2-4,9,11,13H,5-8,10H2,1H3,(H2,20,23). The SMILES string of the molecule is COc1cccc(-c2sc(C3CC3)nc2C(=O)N(CC(N)=O)C2CC2)c1. The number of methoxy groups -OCH3 is 1. The van der Waals surface area contributed by atoms with Gasteiger partial charge in [0.05, 0.1) is 23.5 Å². The lowest BCUT2D eigenvalue weighted by atomic mass is 10.1. The van der Waals surface area contributed by atoms with E-state index < -0.39 is 5.91 Å². The lowest BCUT2D eigenvalue weighted by molar-refractivity contribution is -0.118. The molecule has 2 aromatic rings. The molecule has 1 aromatic carbocycles. The molecule has 26 heavy (non-hydrogen) atoms. The largest absolute Gasteiger partial charge is 0.497 e. The Kier molecular flexibility index (Phi) is 4.40. The Morgan fingerprint density at radius 1 is 1.31 bits per heavy atom. The highest BCUT2D eigenvalue weighted by atomic mass is 32.1. The van der Waals surface area contributed by atoms with E-state index >= 15 is 0 Å². The van der Waals surface area contributed by atoms with Crippen LogP contribution < -0.4 is 10.5 Å². The zero-order valence-electron chi connectivity index (χ0n) is 14.6. The van der Waals surface area contributed by atoms with E-state index in [4.69, 9.17) is 10.5 Å². The van der Waals surface area contributed by atoms with Crippen molar-refractivity contribution in [2.24, 2.45) is 5.73 Å². The summed E-state index contributed by atoms with van der Waals surface area (Å²) in [7, 11) is 1.62. The molecule has 2 amide bonds. The summed E-state index contributed by atoms with van der Waals surface area (Å²) < 4.78 is 5.32. The van der Waals surface area contributed by atoms with Gasteiger partial charge in [0.25, 0.3) is 5.91 Å².